The van der Waals surface area contributed by atoms with E-state index in [1.165, 1.54) is 0 Å². The average Bonchev–Trinajstić information content (AvgIpc) is 2.44. The van der Waals surface area contributed by atoms with Crippen LogP contribution in [-0.2, 0) is 4.74 Å². The van der Waals surface area contributed by atoms with E-state index in [1.54, 1.807) is 0 Å². The van der Waals surface area contributed by atoms with Crippen LogP contribution in [0, 0.1) is 4.91 Å². The number of carbonyl (C=O) groups is 1. The normalized spacial score (nSPS) is 33.5. The number of nitrogens with two attached hydrogens (primary N) is 1. The van der Waals surface area contributed by atoms with Crippen LogP contribution in [0.3, 0.4) is 0 Å². The lowest BCUT2D eigenvalue weighted by Crippen LogP contribution is -2.65. The van der Waals surface area contributed by atoms with Crippen LogP contribution in [0.25, 0.3) is 0 Å². The predicted octanol–water partition coefficient (Wildman–Crippen LogP) is -3.56. The minimum Gasteiger partial charge on any atom is -0.394 e. The molecule has 0 spiro atoms. The van der Waals surface area contributed by atoms with E-state index in [2.05, 4.69) is 10.6 Å². The molecule has 1 saturated heterocycles. The van der Waals surface area contributed by atoms with Crippen LogP contribution in [0.4, 0.5) is 4.79 Å². The van der Waals surface area contributed by atoms with E-state index in [9.17, 15) is 25.0 Å². The van der Waals surface area contributed by atoms with Crippen molar-refractivity contribution in [2.24, 2.45) is 11.0 Å². The van der Waals surface area contributed by atoms with E-state index in [-0.39, 0.29) is 13.1 Å². The highest BCUT2D eigenvalue weighted by Gasteiger charge is 2.44. The Hall–Kier alpha value is -1.37. The molecule has 0 radical (unpaired) electrons. The van der Waals surface area contributed by atoms with Gasteiger partial charge in [-0.05, 0) is 0 Å². The van der Waals surface area contributed by atoms with Crippen LogP contribution in [0.15, 0.2) is 5.29 Å². The number of nitrogens with zero attached hydrogens (tertiary/aromatic N) is 2. The molecule has 5 atom stereocenters. The van der Waals surface area contributed by atoms with Crippen LogP contribution >= 0.6 is 0 Å². The molecule has 7 N–H and O–H groups in total. The molecule has 20 heavy (non-hydrogen) atoms. The first-order valence-corrected chi connectivity index (χ1v) is 5.88. The van der Waals surface area contributed by atoms with E-state index < -0.39 is 43.3 Å². The zero-order valence-corrected chi connectivity index (χ0v) is 10.5. The van der Waals surface area contributed by atoms with Crippen molar-refractivity contribution in [2.45, 2.75) is 30.6 Å². The summed E-state index contributed by atoms with van der Waals surface area (Å²) in [6.45, 7) is -0.789. The maximum Gasteiger partial charge on any atom is 0.340 e. The second-order valence-corrected chi connectivity index (χ2v) is 4.20. The first-order chi connectivity index (χ1) is 9.46. The number of carbonyl (C=O) groups excluding carboxylic acids is 1. The summed E-state index contributed by atoms with van der Waals surface area (Å²) in [5.41, 5.74) is 5.18. The molecule has 11 nitrogen and oxygen atoms in total. The molecule has 0 aliphatic carbocycles. The van der Waals surface area contributed by atoms with Crippen molar-refractivity contribution in [2.75, 3.05) is 19.7 Å². The number of hydrogen-bond donors (Lipinski definition) is 6. The lowest BCUT2D eigenvalue weighted by atomic mass is 9.97. The van der Waals surface area contributed by atoms with Crippen LogP contribution in [0.5, 0.6) is 0 Å². The molecule has 11 heteroatoms. The third-order valence-electron chi connectivity index (χ3n) is 2.86. The van der Waals surface area contributed by atoms with Crippen LogP contribution in [0.1, 0.15) is 0 Å². The van der Waals surface area contributed by atoms with Gasteiger partial charge in [0.15, 0.2) is 6.29 Å². The smallest absolute Gasteiger partial charge is 0.340 e. The number of ether oxygens (including phenoxy) is 1. The van der Waals surface area contributed by atoms with Crippen molar-refractivity contribution in [3.63, 3.8) is 0 Å². The Morgan fingerprint density at radius 3 is 2.50 bits per heavy atom. The number of aliphatic hydroxyl groups is 4. The van der Waals surface area contributed by atoms with E-state index in [1.807, 2.05) is 0 Å². The molecular formula is C9H18N4O7. The SMILES string of the molecule is NCCN(N=O)C(=O)NC1C(O)OC(CO)C(O)C1O. The van der Waals surface area contributed by atoms with Gasteiger partial charge in [-0.15, -0.1) is 4.91 Å². The maximum absolute atomic E-state index is 11.6. The first-order valence-electron chi connectivity index (χ1n) is 5.88. The fourth-order valence-electron chi connectivity index (χ4n) is 1.77. The summed E-state index contributed by atoms with van der Waals surface area (Å²) < 4.78 is 4.83. The summed E-state index contributed by atoms with van der Waals surface area (Å²) in [5, 5.41) is 42.9. The molecule has 116 valence electrons. The van der Waals surface area contributed by atoms with Gasteiger partial charge in [0, 0.05) is 6.54 Å². The van der Waals surface area contributed by atoms with Gasteiger partial charge >= 0.3 is 6.03 Å². The highest BCUT2D eigenvalue weighted by Crippen LogP contribution is 2.19. The molecule has 0 aromatic heterocycles. The Labute approximate surface area is 113 Å². The predicted molar refractivity (Wildman–Crippen MR) is 63.9 cm³/mol. The van der Waals surface area contributed by atoms with Crippen LogP contribution < -0.4 is 11.1 Å². The zero-order chi connectivity index (χ0) is 15.3. The van der Waals surface area contributed by atoms with Gasteiger partial charge in [0.05, 0.1) is 18.4 Å². The molecule has 1 aliphatic heterocycles. The number of hydrogen-bond acceptors (Lipinski definition) is 9. The molecule has 0 aromatic carbocycles. The number of nitrogens with one attached hydrogen (secondary N) is 1. The molecule has 1 aliphatic rings. The van der Waals surface area contributed by atoms with Crippen molar-refractivity contribution in [3.8, 4) is 0 Å². The van der Waals surface area contributed by atoms with Gasteiger partial charge in [-0.3, -0.25) is 0 Å². The number of aliphatic hydroxyl groups excluding tert-OH is 4. The lowest BCUT2D eigenvalue weighted by Gasteiger charge is -2.40. The number of rotatable bonds is 5. The largest absolute Gasteiger partial charge is 0.394 e. The summed E-state index contributed by atoms with van der Waals surface area (Å²) in [4.78, 5) is 22.1. The van der Waals surface area contributed by atoms with Gasteiger partial charge in [0.1, 0.15) is 24.4 Å². The van der Waals surface area contributed by atoms with Gasteiger partial charge < -0.3 is 36.2 Å². The molecule has 2 amide bonds. The Balaban J connectivity index is 2.70. The maximum atomic E-state index is 11.6. The van der Waals surface area contributed by atoms with Crippen LogP contribution in [-0.4, -0.2) is 81.8 Å². The third-order valence-corrected chi connectivity index (χ3v) is 2.86. The minimum atomic E-state index is -1.67. The van der Waals surface area contributed by atoms with Crippen molar-refractivity contribution in [1.82, 2.24) is 10.3 Å². The average molecular weight is 294 g/mol. The van der Waals surface area contributed by atoms with Crippen LogP contribution in [0.2, 0.25) is 0 Å². The first kappa shape index (κ1) is 16.7. The van der Waals surface area contributed by atoms with E-state index in [0.29, 0.717) is 5.01 Å². The zero-order valence-electron chi connectivity index (χ0n) is 10.5. The van der Waals surface area contributed by atoms with Crippen molar-refractivity contribution in [1.29, 1.82) is 0 Å². The molecular weight excluding hydrogens is 276 g/mol. The molecule has 0 saturated carbocycles. The van der Waals surface area contributed by atoms with Gasteiger partial charge in [-0.1, -0.05) is 0 Å². The second-order valence-electron chi connectivity index (χ2n) is 4.20. The fraction of sp³-hybridized carbons (Fsp3) is 0.889. The second kappa shape index (κ2) is 7.42. The minimum absolute atomic E-state index is 0.0132. The topological polar surface area (TPSA) is 178 Å². The molecule has 0 aromatic rings. The Morgan fingerprint density at radius 2 is 2.00 bits per heavy atom. The van der Waals surface area contributed by atoms with Gasteiger partial charge in [0.2, 0.25) is 0 Å². The van der Waals surface area contributed by atoms with Gasteiger partial charge in [-0.25, -0.2) is 4.79 Å². The van der Waals surface area contributed by atoms with E-state index in [4.69, 9.17) is 15.6 Å². The summed E-state index contributed by atoms with van der Waals surface area (Å²) >= 11 is 0. The number of nitroso groups, excluding NO2 is 1. The van der Waals surface area contributed by atoms with E-state index >= 15 is 0 Å². The highest BCUT2D eigenvalue weighted by molar-refractivity contribution is 5.74. The highest BCUT2D eigenvalue weighted by atomic mass is 16.6. The van der Waals surface area contributed by atoms with Crippen molar-refractivity contribution < 1.29 is 30.0 Å². The molecule has 1 rings (SSSR count). The monoisotopic (exact) mass is 294 g/mol. The number of amides is 2. The van der Waals surface area contributed by atoms with Crippen molar-refractivity contribution in [3.05, 3.63) is 4.91 Å². The molecule has 0 bridgehead atoms. The van der Waals surface area contributed by atoms with Gasteiger partial charge in [0.25, 0.3) is 0 Å². The van der Waals surface area contributed by atoms with E-state index in [0.717, 1.165) is 0 Å². The fourth-order valence-corrected chi connectivity index (χ4v) is 1.77. The third kappa shape index (κ3) is 3.59. The summed E-state index contributed by atoms with van der Waals surface area (Å²) in [6, 6.07) is -2.39. The summed E-state index contributed by atoms with van der Waals surface area (Å²) in [6.07, 6.45) is -5.95. The molecule has 1 heterocycles. The number of urea groups is 1. The Bertz CT molecular complexity index is 344. The summed E-state index contributed by atoms with van der Waals surface area (Å²) in [5.74, 6) is 0. The molecule has 5 unspecified atom stereocenters. The Morgan fingerprint density at radius 1 is 1.35 bits per heavy atom. The van der Waals surface area contributed by atoms with Gasteiger partial charge in [-0.2, -0.15) is 5.01 Å². The standard InChI is InChI=1S/C9H18N4O7/c10-1-2-13(12-19)9(18)11-5-7(16)6(15)4(3-14)20-8(5)17/h4-8,14-17H,1-3,10H2,(H,11,18). The lowest BCUT2D eigenvalue weighted by molar-refractivity contribution is -0.252. The van der Waals surface area contributed by atoms with Crippen molar-refractivity contribution >= 4 is 6.03 Å². The molecule has 1 fully saturated rings. The quantitative estimate of drug-likeness (QED) is 0.223. The Kier molecular flexibility index (Phi) is 6.19. The summed E-state index contributed by atoms with van der Waals surface area (Å²) in [7, 11) is 0.